The SMILES string of the molecule is Cc1cncc(Cl)c1C(C)Oc1ccc2[nH]nc(/C(F)=C/c3ccc(CNCCN4CCOCC4)nc3)c2c1.Cc1cncc(Cl)c1[C@H](C)Oc1ccc2[nH]nc(/C(F)=C/c3ccc(CN4CCC(CO)CC4)nc3)c2c1.Cc1cncc(Cl)c1[C@H](C)Oc1ccc2[nH]nc(/C(F)=C/c3ccc(CNC4CCOCC4)nc3)c2c1.Cc1cncc(Cl)c1[C@H](C)Oc1ccc2[nH]nc(/C(O)=C/c3ccc(CN4CCOCC4)nc3)c2c1. The van der Waals surface area contributed by atoms with Crippen molar-refractivity contribution in [2.75, 3.05) is 98.6 Å². The topological polar surface area (TPSA) is 357 Å². The Hall–Kier alpha value is -13.5. The predicted molar refractivity (Wildman–Crippen MR) is 582 cm³/mol. The lowest BCUT2D eigenvalue weighted by molar-refractivity contribution is 0.0336. The van der Waals surface area contributed by atoms with Gasteiger partial charge in [0.15, 0.2) is 17.5 Å². The molecule has 0 spiro atoms. The van der Waals surface area contributed by atoms with Gasteiger partial charge in [0.25, 0.3) is 0 Å². The van der Waals surface area contributed by atoms with Crippen molar-refractivity contribution in [2.24, 2.45) is 5.92 Å². The fraction of sp³-hybridized carbons (Fsp3) is 0.327. The zero-order valence-corrected chi connectivity index (χ0v) is 87.6. The maximum Gasteiger partial charge on any atom is 0.151 e. The van der Waals surface area contributed by atoms with E-state index in [0.29, 0.717) is 123 Å². The Kier molecular flexibility index (Phi) is 37.2. The number of hydrogen-bond acceptors (Lipinski definition) is 26. The van der Waals surface area contributed by atoms with Crippen LogP contribution in [0, 0.1) is 33.6 Å². The standard InChI is InChI=1S/C29H32ClFN6O2.C29H31ClFN5O2.C28H29ClFN5O2.C27H28ClN5O3/c1-19-15-33-18-25(30)28(19)20(2)39-23-5-6-27-24(14-23)29(36-35-27)26(31)13-21-3-4-22(34-16-21)17-32-7-8-37-9-11-38-12-10-37;1-18-13-32-15-25(30)28(18)19(2)38-23-5-6-27-24(12-23)29(35-34-27)26(31)11-21-3-4-22(33-14-21)16-36-9-7-20(17-37)8-10-36;1-17-13-31-16-24(29)27(17)18(2)37-22-5-6-26-23(12-22)28(35-34-26)25(30)11-19-3-4-21(32-14-19)15-33-20-7-9-36-10-8-20;1-17-13-29-15-23(28)26(17)18(2)36-21-5-6-24-22(12-21)27(32-31-24)25(34)11-19-3-4-20(30-14-19)16-33-7-9-35-10-8-33/h3-6,13-16,18,20,32H,7-12,17H2,1-2H3,(H,35,36);3-6,11-15,19-20,37H,7-10,16-17H2,1-2H3,(H,34,35);3-6,11-14,16,18,20,33H,7-10,15H2,1-2H3,(H,34,35);3-6,11-15,18,34H,7-10,16H2,1-2H3,(H,31,32)/b26-13-;26-11-;2*25-11-/t;19-;2*18-/m.000/s1. The number of H-pyrrole nitrogens is 4. The number of hydrogen-bond donors (Lipinski definition) is 8. The average Bonchev–Trinajstić information content (AvgIpc) is 1.65. The Bertz CT molecular complexity index is 7300. The molecule has 37 heteroatoms. The van der Waals surface area contributed by atoms with Crippen LogP contribution in [0.5, 0.6) is 23.0 Å². The minimum absolute atomic E-state index is 0.0437. The van der Waals surface area contributed by atoms with E-state index in [0.717, 1.165) is 215 Å². The number of piperidine rings is 1. The Morgan fingerprint density at radius 3 is 1.06 bits per heavy atom. The second-order valence-electron chi connectivity index (χ2n) is 37.6. The Morgan fingerprint density at radius 2 is 0.713 bits per heavy atom. The number of aliphatic hydroxyl groups is 2. The first kappa shape index (κ1) is 108. The van der Waals surface area contributed by atoms with Crippen LogP contribution in [0.25, 0.3) is 91.2 Å². The first-order valence-electron chi connectivity index (χ1n) is 50.1. The van der Waals surface area contributed by atoms with Gasteiger partial charge < -0.3 is 54.0 Å². The van der Waals surface area contributed by atoms with Crippen molar-refractivity contribution in [3.8, 4) is 23.0 Å². The van der Waals surface area contributed by atoms with Crippen molar-refractivity contribution in [2.45, 2.75) is 138 Å². The van der Waals surface area contributed by atoms with E-state index in [1.165, 1.54) is 18.2 Å². The lowest BCUT2D eigenvalue weighted by atomic mass is 9.98. The molecule has 780 valence electrons. The molecule has 0 radical (unpaired) electrons. The third-order valence-electron chi connectivity index (χ3n) is 26.7. The van der Waals surface area contributed by atoms with Gasteiger partial charge in [0, 0.05) is 209 Å². The van der Waals surface area contributed by atoms with Crippen LogP contribution in [0.3, 0.4) is 0 Å². The first-order valence-corrected chi connectivity index (χ1v) is 51.6. The van der Waals surface area contributed by atoms with Crippen molar-refractivity contribution in [1.29, 1.82) is 0 Å². The number of benzene rings is 4. The Labute approximate surface area is 887 Å². The van der Waals surface area contributed by atoms with Crippen LogP contribution in [0.4, 0.5) is 13.2 Å². The van der Waals surface area contributed by atoms with E-state index >= 15 is 13.2 Å². The lowest BCUT2D eigenvalue weighted by Gasteiger charge is -2.30. The maximum atomic E-state index is 15.3. The second kappa shape index (κ2) is 51.8. The van der Waals surface area contributed by atoms with E-state index in [-0.39, 0.29) is 53.9 Å². The van der Waals surface area contributed by atoms with Gasteiger partial charge in [-0.2, -0.15) is 20.4 Å². The smallest absolute Gasteiger partial charge is 0.151 e. The van der Waals surface area contributed by atoms with E-state index in [2.05, 4.69) is 106 Å². The monoisotopic (exact) mass is 2110 g/mol. The number of aromatic nitrogens is 16. The highest BCUT2D eigenvalue weighted by Gasteiger charge is 2.27. The Balaban J connectivity index is 0.000000136. The molecule has 0 amide bonds. The van der Waals surface area contributed by atoms with Gasteiger partial charge >= 0.3 is 0 Å². The number of fused-ring (bicyclic) bond motifs is 4. The fourth-order valence-corrected chi connectivity index (χ4v) is 20.0. The van der Waals surface area contributed by atoms with Crippen molar-refractivity contribution >= 4 is 138 Å². The van der Waals surface area contributed by atoms with Gasteiger partial charge in [0.2, 0.25) is 0 Å². The van der Waals surface area contributed by atoms with Crippen LogP contribution >= 0.6 is 46.4 Å². The van der Waals surface area contributed by atoms with E-state index in [9.17, 15) is 10.2 Å². The lowest BCUT2D eigenvalue weighted by Crippen LogP contribution is -2.40. The molecule has 4 saturated heterocycles. The van der Waals surface area contributed by atoms with E-state index in [4.69, 9.17) is 79.6 Å². The van der Waals surface area contributed by atoms with Crippen LogP contribution in [-0.2, 0) is 40.4 Å². The quantitative estimate of drug-likeness (QED) is 0.0140. The summed E-state index contributed by atoms with van der Waals surface area (Å²) < 4.78 is 86.8. The number of ether oxygens (including phenoxy) is 7. The molecule has 8 N–H and O–H groups in total. The summed E-state index contributed by atoms with van der Waals surface area (Å²) in [6.07, 6.45) is 29.0. The van der Waals surface area contributed by atoms with Crippen LogP contribution in [0.15, 0.2) is 196 Å². The number of nitrogens with one attached hydrogen (secondary N) is 6. The maximum absolute atomic E-state index is 15.3. The van der Waals surface area contributed by atoms with Gasteiger partial charge in [0.05, 0.1) is 91.4 Å². The van der Waals surface area contributed by atoms with Crippen molar-refractivity contribution in [3.05, 3.63) is 328 Å². The van der Waals surface area contributed by atoms with Crippen molar-refractivity contribution in [1.82, 2.24) is 106 Å². The molecule has 20 rings (SSSR count). The zero-order valence-electron chi connectivity index (χ0n) is 84.6. The van der Waals surface area contributed by atoms with E-state index in [1.807, 2.05) is 159 Å². The third kappa shape index (κ3) is 28.4. The van der Waals surface area contributed by atoms with Crippen LogP contribution in [0.1, 0.15) is 190 Å². The number of aromatic amines is 4. The number of aliphatic hydroxyl groups excluding tert-OH is 2. The van der Waals surface area contributed by atoms with Crippen LogP contribution in [-0.4, -0.2) is 210 Å². The number of rotatable bonds is 33. The molecule has 4 atom stereocenters. The normalized spacial score (nSPS) is 15.8. The molecular weight excluding hydrogens is 1990 g/mol. The molecule has 1 unspecified atom stereocenters. The number of aryl methyl sites for hydroxylation is 4. The Morgan fingerprint density at radius 1 is 0.393 bits per heavy atom. The summed E-state index contributed by atoms with van der Waals surface area (Å²) in [6, 6.07) is 37.6. The minimum Gasteiger partial charge on any atom is -0.506 e. The molecule has 4 aliphatic heterocycles. The van der Waals surface area contributed by atoms with Crippen molar-refractivity contribution < 1.29 is 56.5 Å². The summed E-state index contributed by atoms with van der Waals surface area (Å²) >= 11 is 25.4. The molecule has 4 fully saturated rings. The average molecular weight is 2120 g/mol. The molecule has 0 saturated carbocycles. The number of pyridine rings is 8. The molecule has 0 aliphatic carbocycles. The van der Waals surface area contributed by atoms with Gasteiger partial charge in [-0.3, -0.25) is 75.0 Å². The predicted octanol–water partition coefficient (Wildman–Crippen LogP) is 23.0. The highest BCUT2D eigenvalue weighted by atomic mass is 35.5. The first-order chi connectivity index (χ1) is 72.8. The van der Waals surface area contributed by atoms with Gasteiger partial charge in [-0.15, -0.1) is 0 Å². The van der Waals surface area contributed by atoms with Crippen LogP contribution in [0.2, 0.25) is 20.1 Å². The largest absolute Gasteiger partial charge is 0.506 e. The molecule has 16 aromatic rings. The summed E-state index contributed by atoms with van der Waals surface area (Å²) in [5.41, 5.74) is 17.8. The highest BCUT2D eigenvalue weighted by Crippen LogP contribution is 2.40. The summed E-state index contributed by atoms with van der Waals surface area (Å²) in [5.74, 6) is 1.47. The molecule has 4 aromatic carbocycles. The molecular formula is C113H120Cl4F3N21O9. The number of halogens is 7. The molecule has 30 nitrogen and oxygen atoms in total. The molecule has 4 aliphatic rings. The summed E-state index contributed by atoms with van der Waals surface area (Å²) in [5, 5.41) is 60.6. The number of nitrogens with zero attached hydrogens (tertiary/aromatic N) is 15. The summed E-state index contributed by atoms with van der Waals surface area (Å²) in [7, 11) is 0. The fourth-order valence-electron chi connectivity index (χ4n) is 18.6. The van der Waals surface area contributed by atoms with E-state index < -0.39 is 17.5 Å². The highest BCUT2D eigenvalue weighted by molar-refractivity contribution is 6.32. The zero-order chi connectivity index (χ0) is 105. The van der Waals surface area contributed by atoms with Gasteiger partial charge in [-0.05, 0) is 266 Å². The second-order valence-corrected chi connectivity index (χ2v) is 39.2. The molecule has 150 heavy (non-hydrogen) atoms. The van der Waals surface area contributed by atoms with Crippen LogP contribution < -0.4 is 29.6 Å². The number of likely N-dealkylation sites (tertiary alicyclic amines) is 1. The molecule has 16 heterocycles. The van der Waals surface area contributed by atoms with Gasteiger partial charge in [-0.1, -0.05) is 70.7 Å². The minimum atomic E-state index is -0.463. The number of morpholine rings is 2. The van der Waals surface area contributed by atoms with Gasteiger partial charge in [-0.25, -0.2) is 13.2 Å². The molecule has 12 aromatic heterocycles. The molecule has 0 bridgehead atoms. The van der Waals surface area contributed by atoms with E-state index in [1.54, 1.807) is 98.6 Å². The summed E-state index contributed by atoms with van der Waals surface area (Å²) in [4.78, 5) is 41.5. The van der Waals surface area contributed by atoms with Crippen molar-refractivity contribution in [3.63, 3.8) is 0 Å². The van der Waals surface area contributed by atoms with Gasteiger partial charge in [0.1, 0.15) is 75.9 Å². The summed E-state index contributed by atoms with van der Waals surface area (Å²) in [6.45, 7) is 30.9. The third-order valence-corrected chi connectivity index (χ3v) is 27.9.